The van der Waals surface area contributed by atoms with Gasteiger partial charge < -0.3 is 14.6 Å². The monoisotopic (exact) mass is 415 g/mol. The van der Waals surface area contributed by atoms with Crippen LogP contribution in [-0.4, -0.2) is 28.1 Å². The number of nitrogens with zero attached hydrogens (tertiary/aromatic N) is 3. The number of anilines is 1. The van der Waals surface area contributed by atoms with Gasteiger partial charge in [0.05, 0.1) is 0 Å². The highest BCUT2D eigenvalue weighted by atomic mass is 16.4. The van der Waals surface area contributed by atoms with E-state index in [-0.39, 0.29) is 18.0 Å². The number of benzene rings is 2. The summed E-state index contributed by atoms with van der Waals surface area (Å²) in [6.45, 7) is 4.30. The Morgan fingerprint density at radius 2 is 1.94 bits per heavy atom. The number of para-hydroxylation sites is 1. The molecule has 6 nitrogen and oxygen atoms in total. The van der Waals surface area contributed by atoms with Crippen LogP contribution in [0.4, 0.5) is 5.69 Å². The summed E-state index contributed by atoms with van der Waals surface area (Å²) in [4.78, 5) is 26.2. The fourth-order valence-electron chi connectivity index (χ4n) is 3.54. The summed E-state index contributed by atoms with van der Waals surface area (Å²) in [5, 5.41) is 19.8. The molecule has 31 heavy (non-hydrogen) atoms. The van der Waals surface area contributed by atoms with Gasteiger partial charge in [-0.3, -0.25) is 9.59 Å². The quantitative estimate of drug-likeness (QED) is 0.424. The average Bonchev–Trinajstić information content (AvgIpc) is 3.08. The third-order valence-electron chi connectivity index (χ3n) is 5.07. The molecular weight excluding hydrogens is 390 g/mol. The van der Waals surface area contributed by atoms with Crippen LogP contribution in [0.2, 0.25) is 0 Å². The van der Waals surface area contributed by atoms with E-state index in [1.807, 2.05) is 68.4 Å². The first kappa shape index (κ1) is 21.8. The standard InChI is InChI=1S/C25H25N3O3/c1-3-4-12-28(21-8-6-5-7-9-21)25(31)19(15-26)14-20-16-27(17-24(29)30)23-13-18(2)10-11-22(20)23/h5-11,13-14,16H,3-4,12,17H2,1-2H3,(H,29,30)/b19-14+. The highest BCUT2D eigenvalue weighted by molar-refractivity contribution is 6.12. The maximum absolute atomic E-state index is 13.3. The normalized spacial score (nSPS) is 11.3. The first-order valence-electron chi connectivity index (χ1n) is 10.2. The third kappa shape index (κ3) is 5.01. The highest BCUT2D eigenvalue weighted by Crippen LogP contribution is 2.26. The zero-order valence-corrected chi connectivity index (χ0v) is 17.7. The lowest BCUT2D eigenvalue weighted by Gasteiger charge is -2.22. The van der Waals surface area contributed by atoms with Gasteiger partial charge in [-0.25, -0.2) is 0 Å². The second-order valence-corrected chi connectivity index (χ2v) is 7.44. The summed E-state index contributed by atoms with van der Waals surface area (Å²) in [6, 6.07) is 17.1. The molecule has 0 unspecified atom stereocenters. The molecule has 3 rings (SSSR count). The number of carboxylic acid groups (broad SMARTS) is 1. The molecule has 1 amide bonds. The molecule has 0 aliphatic rings. The maximum atomic E-state index is 13.3. The van der Waals surface area contributed by atoms with Gasteiger partial charge in [-0.2, -0.15) is 5.26 Å². The lowest BCUT2D eigenvalue weighted by atomic mass is 10.1. The van der Waals surface area contributed by atoms with Crippen LogP contribution in [0.1, 0.15) is 30.9 Å². The van der Waals surface area contributed by atoms with Crippen molar-refractivity contribution in [1.82, 2.24) is 4.57 Å². The summed E-state index contributed by atoms with van der Waals surface area (Å²) in [7, 11) is 0. The van der Waals surface area contributed by atoms with E-state index in [9.17, 15) is 20.0 Å². The summed E-state index contributed by atoms with van der Waals surface area (Å²) in [5.74, 6) is -1.33. The molecule has 0 atom stereocenters. The zero-order chi connectivity index (χ0) is 22.4. The molecule has 158 valence electrons. The van der Waals surface area contributed by atoms with Crippen molar-refractivity contribution in [2.45, 2.75) is 33.2 Å². The molecule has 0 aliphatic heterocycles. The second kappa shape index (κ2) is 9.77. The van der Waals surface area contributed by atoms with E-state index in [0.717, 1.165) is 35.0 Å². The van der Waals surface area contributed by atoms with Crippen molar-refractivity contribution in [3.8, 4) is 6.07 Å². The Bertz CT molecular complexity index is 1170. The molecule has 0 spiro atoms. The van der Waals surface area contributed by atoms with Gasteiger partial charge in [-0.15, -0.1) is 0 Å². The third-order valence-corrected chi connectivity index (χ3v) is 5.07. The van der Waals surface area contributed by atoms with Gasteiger partial charge >= 0.3 is 5.97 Å². The minimum atomic E-state index is -0.958. The number of aromatic nitrogens is 1. The topological polar surface area (TPSA) is 86.3 Å². The number of aryl methyl sites for hydroxylation is 1. The van der Waals surface area contributed by atoms with Crippen molar-refractivity contribution in [2.75, 3.05) is 11.4 Å². The SMILES string of the molecule is CCCCN(C(=O)/C(C#N)=C/c1cn(CC(=O)O)c2cc(C)ccc12)c1ccccc1. The molecule has 0 aliphatic carbocycles. The molecule has 1 heterocycles. The fourth-order valence-corrected chi connectivity index (χ4v) is 3.54. The first-order chi connectivity index (χ1) is 14.9. The molecule has 0 bridgehead atoms. The van der Waals surface area contributed by atoms with Gasteiger partial charge in [-0.1, -0.05) is 43.7 Å². The summed E-state index contributed by atoms with van der Waals surface area (Å²) in [6.07, 6.45) is 4.97. The van der Waals surface area contributed by atoms with E-state index >= 15 is 0 Å². The van der Waals surface area contributed by atoms with Gasteiger partial charge in [0.2, 0.25) is 0 Å². The van der Waals surface area contributed by atoms with E-state index in [2.05, 4.69) is 0 Å². The lowest BCUT2D eigenvalue weighted by Crippen LogP contribution is -2.32. The predicted molar refractivity (Wildman–Crippen MR) is 122 cm³/mol. The van der Waals surface area contributed by atoms with E-state index in [1.165, 1.54) is 0 Å². The number of unbranched alkanes of at least 4 members (excludes halogenated alkanes) is 1. The number of hydrogen-bond donors (Lipinski definition) is 1. The number of carboxylic acids is 1. The summed E-state index contributed by atoms with van der Waals surface area (Å²) < 4.78 is 1.63. The number of fused-ring (bicyclic) bond motifs is 1. The number of rotatable bonds is 8. The number of amides is 1. The number of carbonyl (C=O) groups excluding carboxylic acids is 1. The van der Waals surface area contributed by atoms with Crippen LogP contribution >= 0.6 is 0 Å². The van der Waals surface area contributed by atoms with Crippen molar-refractivity contribution in [2.24, 2.45) is 0 Å². The van der Waals surface area contributed by atoms with E-state index in [1.54, 1.807) is 21.7 Å². The molecule has 1 N–H and O–H groups in total. The van der Waals surface area contributed by atoms with Gasteiger partial charge in [0.25, 0.3) is 5.91 Å². The Morgan fingerprint density at radius 3 is 2.58 bits per heavy atom. The van der Waals surface area contributed by atoms with Crippen molar-refractivity contribution < 1.29 is 14.7 Å². The molecule has 0 radical (unpaired) electrons. The minimum Gasteiger partial charge on any atom is -0.480 e. The van der Waals surface area contributed by atoms with Crippen molar-refractivity contribution in [1.29, 1.82) is 5.26 Å². The van der Waals surface area contributed by atoms with Crippen LogP contribution in [0, 0.1) is 18.3 Å². The smallest absolute Gasteiger partial charge is 0.323 e. The number of nitriles is 1. The Balaban J connectivity index is 2.06. The van der Waals surface area contributed by atoms with Gasteiger partial charge in [0.15, 0.2) is 0 Å². The van der Waals surface area contributed by atoms with Crippen LogP contribution < -0.4 is 4.90 Å². The average molecular weight is 415 g/mol. The predicted octanol–water partition coefficient (Wildman–Crippen LogP) is 4.77. The Morgan fingerprint density at radius 1 is 1.19 bits per heavy atom. The Kier molecular flexibility index (Phi) is 6.88. The molecular formula is C25H25N3O3. The highest BCUT2D eigenvalue weighted by Gasteiger charge is 2.20. The van der Waals surface area contributed by atoms with E-state index in [0.29, 0.717) is 12.1 Å². The van der Waals surface area contributed by atoms with Gasteiger partial charge in [0, 0.05) is 34.9 Å². The number of hydrogen-bond acceptors (Lipinski definition) is 3. The largest absolute Gasteiger partial charge is 0.480 e. The number of aliphatic carboxylic acids is 1. The van der Waals surface area contributed by atoms with E-state index in [4.69, 9.17) is 0 Å². The van der Waals surface area contributed by atoms with Gasteiger partial charge in [-0.05, 0) is 43.2 Å². The second-order valence-electron chi connectivity index (χ2n) is 7.44. The molecule has 0 saturated carbocycles. The summed E-state index contributed by atoms with van der Waals surface area (Å²) >= 11 is 0. The van der Waals surface area contributed by atoms with Crippen LogP contribution in [0.15, 0.2) is 60.3 Å². The van der Waals surface area contributed by atoms with Gasteiger partial charge in [0.1, 0.15) is 18.2 Å². The Hall–Kier alpha value is -3.85. The molecule has 0 fully saturated rings. The van der Waals surface area contributed by atoms with Crippen molar-refractivity contribution in [3.63, 3.8) is 0 Å². The van der Waals surface area contributed by atoms with Crippen LogP contribution in [0.5, 0.6) is 0 Å². The fraction of sp³-hybridized carbons (Fsp3) is 0.240. The summed E-state index contributed by atoms with van der Waals surface area (Å²) in [5.41, 5.74) is 3.15. The maximum Gasteiger partial charge on any atom is 0.323 e. The Labute approximate surface area is 181 Å². The zero-order valence-electron chi connectivity index (χ0n) is 17.7. The molecule has 1 aromatic heterocycles. The van der Waals surface area contributed by atoms with Crippen LogP contribution in [-0.2, 0) is 16.1 Å². The molecule has 2 aromatic carbocycles. The van der Waals surface area contributed by atoms with Crippen molar-refractivity contribution >= 4 is 34.5 Å². The minimum absolute atomic E-state index is 0.00917. The lowest BCUT2D eigenvalue weighted by molar-refractivity contribution is -0.137. The van der Waals surface area contributed by atoms with Crippen LogP contribution in [0.25, 0.3) is 17.0 Å². The van der Waals surface area contributed by atoms with E-state index < -0.39 is 5.97 Å². The molecule has 6 heteroatoms. The molecule has 0 saturated heterocycles. The van der Waals surface area contributed by atoms with Crippen molar-refractivity contribution in [3.05, 3.63) is 71.4 Å². The van der Waals surface area contributed by atoms with Crippen LogP contribution in [0.3, 0.4) is 0 Å². The molecule has 3 aromatic rings. The number of carbonyl (C=O) groups is 2. The first-order valence-corrected chi connectivity index (χ1v) is 10.2.